The van der Waals surface area contributed by atoms with Crippen molar-refractivity contribution in [2.24, 2.45) is 0 Å². The van der Waals surface area contributed by atoms with E-state index in [9.17, 15) is 8.42 Å². The standard InChI is InChI=1S/C15H22ClNO3S/c1-13-5-2-3-11-17(13)21(18,19)15-8-6-14(7-9-15)20-12-4-10-16/h6-9,13H,2-5,10-12H2,1H3. The fourth-order valence-corrected chi connectivity index (χ4v) is 4.33. The zero-order valence-corrected chi connectivity index (χ0v) is 13.9. The lowest BCUT2D eigenvalue weighted by molar-refractivity contribution is 0.268. The zero-order valence-electron chi connectivity index (χ0n) is 12.3. The maximum Gasteiger partial charge on any atom is 0.243 e. The number of alkyl halides is 1. The number of ether oxygens (including phenoxy) is 1. The molecule has 2 rings (SSSR count). The van der Waals surface area contributed by atoms with Gasteiger partial charge in [0.2, 0.25) is 10.0 Å². The molecule has 1 saturated heterocycles. The minimum absolute atomic E-state index is 0.0726. The van der Waals surface area contributed by atoms with Crippen molar-refractivity contribution in [3.63, 3.8) is 0 Å². The third-order valence-corrected chi connectivity index (χ3v) is 6.01. The molecule has 1 aliphatic heterocycles. The fourth-order valence-electron chi connectivity index (χ4n) is 2.52. The normalized spacial score (nSPS) is 20.4. The van der Waals surface area contributed by atoms with Crippen molar-refractivity contribution < 1.29 is 13.2 Å². The lowest BCUT2D eigenvalue weighted by atomic mass is 10.1. The van der Waals surface area contributed by atoms with E-state index in [1.165, 1.54) is 0 Å². The van der Waals surface area contributed by atoms with E-state index in [2.05, 4.69) is 0 Å². The van der Waals surface area contributed by atoms with Gasteiger partial charge in [-0.2, -0.15) is 4.31 Å². The highest BCUT2D eigenvalue weighted by molar-refractivity contribution is 7.89. The first-order valence-corrected chi connectivity index (χ1v) is 9.34. The fraction of sp³-hybridized carbons (Fsp3) is 0.600. The van der Waals surface area contributed by atoms with Crippen LogP contribution in [-0.4, -0.2) is 37.8 Å². The first-order valence-electron chi connectivity index (χ1n) is 7.36. The summed E-state index contributed by atoms with van der Waals surface area (Å²) in [5, 5.41) is 0. The van der Waals surface area contributed by atoms with Gasteiger partial charge in [-0.3, -0.25) is 0 Å². The van der Waals surface area contributed by atoms with Crippen LogP contribution in [0.3, 0.4) is 0 Å². The topological polar surface area (TPSA) is 46.6 Å². The van der Waals surface area contributed by atoms with E-state index >= 15 is 0 Å². The van der Waals surface area contributed by atoms with Crippen LogP contribution in [0.25, 0.3) is 0 Å². The minimum atomic E-state index is -3.40. The van der Waals surface area contributed by atoms with Crippen LogP contribution in [0.15, 0.2) is 29.2 Å². The Morgan fingerprint density at radius 1 is 1.29 bits per heavy atom. The van der Waals surface area contributed by atoms with E-state index in [1.807, 2.05) is 6.92 Å². The molecule has 0 amide bonds. The van der Waals surface area contributed by atoms with Crippen molar-refractivity contribution in [2.75, 3.05) is 19.0 Å². The average Bonchev–Trinajstić information content (AvgIpc) is 2.48. The summed E-state index contributed by atoms with van der Waals surface area (Å²) in [7, 11) is -3.40. The molecule has 0 aromatic heterocycles. The van der Waals surface area contributed by atoms with Crippen LogP contribution in [0.4, 0.5) is 0 Å². The Balaban J connectivity index is 2.09. The van der Waals surface area contributed by atoms with Crippen molar-refractivity contribution in [2.45, 2.75) is 43.5 Å². The number of piperidine rings is 1. The molecule has 1 aromatic rings. The van der Waals surface area contributed by atoms with Crippen LogP contribution in [-0.2, 0) is 10.0 Å². The monoisotopic (exact) mass is 331 g/mol. The molecule has 4 nitrogen and oxygen atoms in total. The molecule has 0 radical (unpaired) electrons. The quantitative estimate of drug-likeness (QED) is 0.593. The maximum absolute atomic E-state index is 12.6. The molecule has 1 heterocycles. The van der Waals surface area contributed by atoms with Crippen molar-refractivity contribution >= 4 is 21.6 Å². The molecule has 21 heavy (non-hydrogen) atoms. The SMILES string of the molecule is CC1CCCCN1S(=O)(=O)c1ccc(OCCCCl)cc1. The smallest absolute Gasteiger partial charge is 0.243 e. The van der Waals surface area contributed by atoms with Crippen molar-refractivity contribution in [3.8, 4) is 5.75 Å². The molecular formula is C15H22ClNO3S. The van der Waals surface area contributed by atoms with E-state index in [1.54, 1.807) is 28.6 Å². The summed E-state index contributed by atoms with van der Waals surface area (Å²) in [5.74, 6) is 1.23. The number of nitrogens with zero attached hydrogens (tertiary/aromatic N) is 1. The molecule has 6 heteroatoms. The van der Waals surface area contributed by atoms with Crippen molar-refractivity contribution in [1.29, 1.82) is 0 Å². The molecule has 1 aromatic carbocycles. The second-order valence-corrected chi connectivity index (χ2v) is 7.59. The van der Waals surface area contributed by atoms with Gasteiger partial charge in [-0.05, 0) is 50.5 Å². The van der Waals surface area contributed by atoms with Gasteiger partial charge < -0.3 is 4.74 Å². The molecular weight excluding hydrogens is 310 g/mol. The van der Waals surface area contributed by atoms with Gasteiger partial charge in [-0.25, -0.2) is 8.42 Å². The van der Waals surface area contributed by atoms with Crippen molar-refractivity contribution in [3.05, 3.63) is 24.3 Å². The summed E-state index contributed by atoms with van der Waals surface area (Å²) in [6.07, 6.45) is 3.73. The minimum Gasteiger partial charge on any atom is -0.494 e. The van der Waals surface area contributed by atoms with Gasteiger partial charge in [0.25, 0.3) is 0 Å². The highest BCUT2D eigenvalue weighted by atomic mass is 35.5. The highest BCUT2D eigenvalue weighted by Gasteiger charge is 2.30. The summed E-state index contributed by atoms with van der Waals surface area (Å²) in [6.45, 7) is 3.12. The van der Waals surface area contributed by atoms with Crippen LogP contribution in [0.5, 0.6) is 5.75 Å². The van der Waals surface area contributed by atoms with Gasteiger partial charge >= 0.3 is 0 Å². The summed E-state index contributed by atoms with van der Waals surface area (Å²) in [4.78, 5) is 0.334. The van der Waals surface area contributed by atoms with Crippen LogP contribution in [0.1, 0.15) is 32.6 Å². The Labute approximate surface area is 132 Å². The zero-order chi connectivity index (χ0) is 15.3. The van der Waals surface area contributed by atoms with E-state index in [-0.39, 0.29) is 6.04 Å². The number of benzene rings is 1. The Kier molecular flexibility index (Phi) is 5.90. The molecule has 0 saturated carbocycles. The maximum atomic E-state index is 12.6. The molecule has 1 aliphatic rings. The van der Waals surface area contributed by atoms with Gasteiger partial charge in [0.1, 0.15) is 5.75 Å². The van der Waals surface area contributed by atoms with Crippen LogP contribution >= 0.6 is 11.6 Å². The Morgan fingerprint density at radius 2 is 2.00 bits per heavy atom. The Bertz CT molecular complexity index is 545. The van der Waals surface area contributed by atoms with Gasteiger partial charge in [-0.15, -0.1) is 11.6 Å². The summed E-state index contributed by atoms with van der Waals surface area (Å²) in [5.41, 5.74) is 0. The van der Waals surface area contributed by atoms with Crippen LogP contribution < -0.4 is 4.74 Å². The highest BCUT2D eigenvalue weighted by Crippen LogP contribution is 2.26. The van der Waals surface area contributed by atoms with Gasteiger partial charge in [0.15, 0.2) is 0 Å². The number of hydrogen-bond acceptors (Lipinski definition) is 3. The predicted octanol–water partition coefficient (Wildman–Crippen LogP) is 3.26. The van der Waals surface area contributed by atoms with E-state index in [0.717, 1.165) is 25.7 Å². The molecule has 1 unspecified atom stereocenters. The molecule has 118 valence electrons. The molecule has 0 bridgehead atoms. The Morgan fingerprint density at radius 3 is 2.62 bits per heavy atom. The first kappa shape index (κ1) is 16.6. The van der Waals surface area contributed by atoms with E-state index in [4.69, 9.17) is 16.3 Å². The molecule has 0 aliphatic carbocycles. The third kappa shape index (κ3) is 4.11. The van der Waals surface area contributed by atoms with E-state index in [0.29, 0.717) is 29.7 Å². The lowest BCUT2D eigenvalue weighted by Crippen LogP contribution is -2.41. The number of sulfonamides is 1. The third-order valence-electron chi connectivity index (χ3n) is 3.72. The number of hydrogen-bond donors (Lipinski definition) is 0. The predicted molar refractivity (Wildman–Crippen MR) is 84.5 cm³/mol. The molecule has 1 atom stereocenters. The summed E-state index contributed by atoms with van der Waals surface area (Å²) < 4.78 is 32.4. The molecule has 0 N–H and O–H groups in total. The molecule has 0 spiro atoms. The number of halogens is 1. The molecule has 1 fully saturated rings. The summed E-state index contributed by atoms with van der Waals surface area (Å²) in [6, 6.07) is 6.72. The second-order valence-electron chi connectivity index (χ2n) is 5.32. The second kappa shape index (κ2) is 7.47. The van der Waals surface area contributed by atoms with Crippen LogP contribution in [0, 0.1) is 0 Å². The Hall–Kier alpha value is -0.780. The first-order chi connectivity index (χ1) is 10.1. The largest absolute Gasteiger partial charge is 0.494 e. The van der Waals surface area contributed by atoms with Gasteiger partial charge in [-0.1, -0.05) is 6.42 Å². The van der Waals surface area contributed by atoms with Crippen LogP contribution in [0.2, 0.25) is 0 Å². The summed E-state index contributed by atoms with van der Waals surface area (Å²) >= 11 is 5.59. The van der Waals surface area contributed by atoms with E-state index < -0.39 is 10.0 Å². The lowest BCUT2D eigenvalue weighted by Gasteiger charge is -2.32. The number of rotatable bonds is 6. The van der Waals surface area contributed by atoms with Crippen molar-refractivity contribution in [1.82, 2.24) is 4.31 Å². The van der Waals surface area contributed by atoms with Gasteiger partial charge in [0.05, 0.1) is 11.5 Å². The van der Waals surface area contributed by atoms with Gasteiger partial charge in [0, 0.05) is 18.5 Å². The average molecular weight is 332 g/mol.